The zero-order chi connectivity index (χ0) is 22.8. The Kier molecular flexibility index (Phi) is 6.42. The lowest BCUT2D eigenvalue weighted by Gasteiger charge is -2.13. The molecule has 31 heavy (non-hydrogen) atoms. The first kappa shape index (κ1) is 22.4. The highest BCUT2D eigenvalue weighted by molar-refractivity contribution is 7.92. The van der Waals surface area contributed by atoms with E-state index < -0.39 is 21.7 Å². The quantitative estimate of drug-likeness (QED) is 0.518. The molecule has 1 aromatic heterocycles. The number of benzene rings is 2. The van der Waals surface area contributed by atoms with E-state index in [1.165, 1.54) is 30.5 Å². The largest absolute Gasteiger partial charge is 0.355 e. The molecule has 0 atom stereocenters. The standard InChI is InChI=1S/C21H20FN3O4S2/c1-12-13(2)30-21(18(12)20(27)23-3)24-19(26)16-6-4-5-7-17(16)25-31(28,29)15-10-8-14(22)9-11-15/h4-11,25H,1-3H3,(H,23,27)(H,24,26). The van der Waals surface area contributed by atoms with Crippen LogP contribution in [0.3, 0.4) is 0 Å². The summed E-state index contributed by atoms with van der Waals surface area (Å²) in [7, 11) is -2.55. The van der Waals surface area contributed by atoms with E-state index >= 15 is 0 Å². The molecular formula is C21H20FN3O4S2. The molecule has 162 valence electrons. The Bertz CT molecular complexity index is 1250. The van der Waals surface area contributed by atoms with E-state index in [-0.39, 0.29) is 22.1 Å². The van der Waals surface area contributed by atoms with Crippen LogP contribution >= 0.6 is 11.3 Å². The van der Waals surface area contributed by atoms with Gasteiger partial charge in [0.1, 0.15) is 10.8 Å². The van der Waals surface area contributed by atoms with Crippen molar-refractivity contribution in [2.24, 2.45) is 0 Å². The summed E-state index contributed by atoms with van der Waals surface area (Å²) >= 11 is 1.26. The minimum absolute atomic E-state index is 0.0517. The third-order valence-electron chi connectivity index (χ3n) is 4.61. The molecule has 0 unspecified atom stereocenters. The molecule has 10 heteroatoms. The van der Waals surface area contributed by atoms with Gasteiger partial charge in [0.25, 0.3) is 21.8 Å². The molecule has 0 aliphatic rings. The van der Waals surface area contributed by atoms with Crippen molar-refractivity contribution in [3.63, 3.8) is 0 Å². The Labute approximate surface area is 183 Å². The van der Waals surface area contributed by atoms with E-state index in [0.29, 0.717) is 10.6 Å². The van der Waals surface area contributed by atoms with Crippen LogP contribution in [0.5, 0.6) is 0 Å². The smallest absolute Gasteiger partial charge is 0.261 e. The average Bonchev–Trinajstić information content (AvgIpc) is 3.01. The zero-order valence-corrected chi connectivity index (χ0v) is 18.6. The second kappa shape index (κ2) is 8.86. The minimum atomic E-state index is -4.05. The van der Waals surface area contributed by atoms with Crippen molar-refractivity contribution in [2.45, 2.75) is 18.7 Å². The van der Waals surface area contributed by atoms with Crippen molar-refractivity contribution < 1.29 is 22.4 Å². The summed E-state index contributed by atoms with van der Waals surface area (Å²) < 4.78 is 40.8. The van der Waals surface area contributed by atoms with Crippen molar-refractivity contribution in [3.05, 3.63) is 75.9 Å². The normalized spacial score (nSPS) is 11.1. The molecule has 0 bridgehead atoms. The van der Waals surface area contributed by atoms with Gasteiger partial charge in [-0.1, -0.05) is 12.1 Å². The van der Waals surface area contributed by atoms with Crippen molar-refractivity contribution in [1.82, 2.24) is 5.32 Å². The molecule has 0 aliphatic heterocycles. The number of hydrogen-bond acceptors (Lipinski definition) is 5. The summed E-state index contributed by atoms with van der Waals surface area (Å²) in [6.07, 6.45) is 0. The molecule has 3 N–H and O–H groups in total. The van der Waals surface area contributed by atoms with Crippen LogP contribution in [0, 0.1) is 19.7 Å². The van der Waals surface area contributed by atoms with Crippen LogP contribution in [-0.4, -0.2) is 27.3 Å². The number of nitrogens with one attached hydrogen (secondary N) is 3. The van der Waals surface area contributed by atoms with E-state index in [2.05, 4.69) is 15.4 Å². The van der Waals surface area contributed by atoms with Gasteiger partial charge in [-0.3, -0.25) is 14.3 Å². The summed E-state index contributed by atoms with van der Waals surface area (Å²) in [6, 6.07) is 10.4. The Morgan fingerprint density at radius 3 is 2.26 bits per heavy atom. The molecule has 0 aliphatic carbocycles. The number of para-hydroxylation sites is 1. The van der Waals surface area contributed by atoms with Gasteiger partial charge in [-0.25, -0.2) is 12.8 Å². The van der Waals surface area contributed by atoms with Gasteiger partial charge in [0.2, 0.25) is 0 Å². The predicted octanol–water partition coefficient (Wildman–Crippen LogP) is 3.92. The molecule has 0 saturated heterocycles. The van der Waals surface area contributed by atoms with Crippen LogP contribution in [-0.2, 0) is 10.0 Å². The second-order valence-electron chi connectivity index (χ2n) is 6.63. The van der Waals surface area contributed by atoms with E-state index in [4.69, 9.17) is 0 Å². The van der Waals surface area contributed by atoms with Gasteiger partial charge in [0.05, 0.1) is 21.7 Å². The lowest BCUT2D eigenvalue weighted by Crippen LogP contribution is -2.22. The van der Waals surface area contributed by atoms with Crippen molar-refractivity contribution >= 4 is 43.9 Å². The van der Waals surface area contributed by atoms with Crippen LogP contribution in [0.25, 0.3) is 0 Å². The van der Waals surface area contributed by atoms with Gasteiger partial charge in [-0.2, -0.15) is 0 Å². The van der Waals surface area contributed by atoms with E-state index in [1.807, 2.05) is 6.92 Å². The fraction of sp³-hybridized carbons (Fsp3) is 0.143. The maximum Gasteiger partial charge on any atom is 0.261 e. The zero-order valence-electron chi connectivity index (χ0n) is 16.9. The van der Waals surface area contributed by atoms with Gasteiger partial charge < -0.3 is 10.6 Å². The molecule has 3 aromatic rings. The maximum atomic E-state index is 13.1. The number of halogens is 1. The molecule has 7 nitrogen and oxygen atoms in total. The summed E-state index contributed by atoms with van der Waals surface area (Å²) in [6.45, 7) is 3.63. The Morgan fingerprint density at radius 2 is 1.61 bits per heavy atom. The van der Waals surface area contributed by atoms with Crippen molar-refractivity contribution in [3.8, 4) is 0 Å². The summed E-state index contributed by atoms with van der Waals surface area (Å²) in [5.74, 6) is -1.47. The van der Waals surface area contributed by atoms with E-state index in [9.17, 15) is 22.4 Å². The first-order valence-electron chi connectivity index (χ1n) is 9.15. The topological polar surface area (TPSA) is 104 Å². The van der Waals surface area contributed by atoms with Gasteiger partial charge >= 0.3 is 0 Å². The number of rotatable bonds is 6. The maximum absolute atomic E-state index is 13.1. The highest BCUT2D eigenvalue weighted by Crippen LogP contribution is 2.33. The Hall–Kier alpha value is -3.24. The van der Waals surface area contributed by atoms with Gasteiger partial charge in [-0.05, 0) is 55.8 Å². The number of amides is 2. The van der Waals surface area contributed by atoms with E-state index in [0.717, 1.165) is 34.7 Å². The van der Waals surface area contributed by atoms with Crippen LogP contribution in [0.1, 0.15) is 31.2 Å². The molecule has 0 saturated carbocycles. The first-order chi connectivity index (χ1) is 14.6. The number of aryl methyl sites for hydroxylation is 1. The van der Waals surface area contributed by atoms with Crippen molar-refractivity contribution in [1.29, 1.82) is 0 Å². The van der Waals surface area contributed by atoms with Gasteiger partial charge in [-0.15, -0.1) is 11.3 Å². The highest BCUT2D eigenvalue weighted by atomic mass is 32.2. The number of sulfonamides is 1. The molecule has 2 aromatic carbocycles. The molecule has 0 spiro atoms. The lowest BCUT2D eigenvalue weighted by atomic mass is 10.1. The lowest BCUT2D eigenvalue weighted by molar-refractivity contribution is 0.0963. The van der Waals surface area contributed by atoms with Crippen LogP contribution in [0.2, 0.25) is 0 Å². The number of anilines is 2. The second-order valence-corrected chi connectivity index (χ2v) is 9.53. The molecular weight excluding hydrogens is 441 g/mol. The minimum Gasteiger partial charge on any atom is -0.355 e. The fourth-order valence-corrected chi connectivity index (χ4v) is 5.00. The number of hydrogen-bond donors (Lipinski definition) is 3. The van der Waals surface area contributed by atoms with Crippen LogP contribution < -0.4 is 15.4 Å². The predicted molar refractivity (Wildman–Crippen MR) is 119 cm³/mol. The number of thiophene rings is 1. The molecule has 0 fully saturated rings. The monoisotopic (exact) mass is 461 g/mol. The Balaban J connectivity index is 1.92. The van der Waals surface area contributed by atoms with Gasteiger partial charge in [0.15, 0.2) is 0 Å². The molecule has 3 rings (SSSR count). The van der Waals surface area contributed by atoms with Crippen LogP contribution in [0.15, 0.2) is 53.4 Å². The average molecular weight is 462 g/mol. The third-order valence-corrected chi connectivity index (χ3v) is 7.11. The van der Waals surface area contributed by atoms with Crippen LogP contribution in [0.4, 0.5) is 15.1 Å². The fourth-order valence-electron chi connectivity index (χ4n) is 2.87. The number of carbonyl (C=O) groups is 2. The summed E-state index contributed by atoms with van der Waals surface area (Å²) in [5, 5.41) is 5.63. The first-order valence-corrected chi connectivity index (χ1v) is 11.4. The van der Waals surface area contributed by atoms with Crippen molar-refractivity contribution in [2.75, 3.05) is 17.1 Å². The summed E-state index contributed by atoms with van der Waals surface area (Å²) in [4.78, 5) is 25.9. The molecule has 2 amide bonds. The number of carbonyl (C=O) groups excluding carboxylic acids is 2. The van der Waals surface area contributed by atoms with E-state index in [1.54, 1.807) is 19.1 Å². The SMILES string of the molecule is CNC(=O)c1c(NC(=O)c2ccccc2NS(=O)(=O)c2ccc(F)cc2)sc(C)c1C. The Morgan fingerprint density at radius 1 is 0.968 bits per heavy atom. The molecule has 0 radical (unpaired) electrons. The highest BCUT2D eigenvalue weighted by Gasteiger charge is 2.23. The third kappa shape index (κ3) is 4.75. The summed E-state index contributed by atoms with van der Waals surface area (Å²) in [5.41, 5.74) is 1.24. The molecule has 1 heterocycles. The van der Waals surface area contributed by atoms with Gasteiger partial charge in [0, 0.05) is 11.9 Å².